The SMILES string of the molecule is O=C(Nc1cccc([N+](=O)[O-])c1)N1CCN(C/C=C/c2ccccc2)CC1. The van der Waals surface area contributed by atoms with E-state index in [1.807, 2.05) is 18.2 Å². The molecule has 1 heterocycles. The van der Waals surface area contributed by atoms with Gasteiger partial charge in [-0.15, -0.1) is 0 Å². The first-order valence-electron chi connectivity index (χ1n) is 8.86. The van der Waals surface area contributed by atoms with Gasteiger partial charge in [0.05, 0.1) is 4.92 Å². The summed E-state index contributed by atoms with van der Waals surface area (Å²) in [4.78, 5) is 26.7. The summed E-state index contributed by atoms with van der Waals surface area (Å²) in [5.41, 5.74) is 1.57. The predicted molar refractivity (Wildman–Crippen MR) is 106 cm³/mol. The summed E-state index contributed by atoms with van der Waals surface area (Å²) >= 11 is 0. The molecule has 27 heavy (non-hydrogen) atoms. The molecule has 1 aliphatic heterocycles. The van der Waals surface area contributed by atoms with Crippen molar-refractivity contribution in [1.82, 2.24) is 9.80 Å². The van der Waals surface area contributed by atoms with Crippen LogP contribution in [0.1, 0.15) is 5.56 Å². The largest absolute Gasteiger partial charge is 0.322 e. The first-order valence-corrected chi connectivity index (χ1v) is 8.86. The number of nitrogens with one attached hydrogen (secondary N) is 1. The van der Waals surface area contributed by atoms with Crippen LogP contribution in [0.4, 0.5) is 16.2 Å². The zero-order chi connectivity index (χ0) is 19.1. The van der Waals surface area contributed by atoms with Gasteiger partial charge in [-0.25, -0.2) is 4.79 Å². The monoisotopic (exact) mass is 366 g/mol. The number of nitro benzene ring substituents is 1. The number of rotatable bonds is 5. The number of urea groups is 1. The fourth-order valence-corrected chi connectivity index (χ4v) is 2.94. The lowest BCUT2D eigenvalue weighted by Crippen LogP contribution is -2.49. The molecule has 0 unspecified atom stereocenters. The number of hydrogen-bond donors (Lipinski definition) is 1. The molecular formula is C20H22N4O3. The summed E-state index contributed by atoms with van der Waals surface area (Å²) < 4.78 is 0. The van der Waals surface area contributed by atoms with Gasteiger partial charge in [0.25, 0.3) is 5.69 Å². The van der Waals surface area contributed by atoms with Gasteiger partial charge >= 0.3 is 6.03 Å². The van der Waals surface area contributed by atoms with Crippen molar-refractivity contribution in [2.24, 2.45) is 0 Å². The van der Waals surface area contributed by atoms with Crippen LogP contribution >= 0.6 is 0 Å². The number of non-ortho nitro benzene ring substituents is 1. The summed E-state index contributed by atoms with van der Waals surface area (Å²) in [5, 5.41) is 13.6. The minimum Gasteiger partial charge on any atom is -0.322 e. The maximum atomic E-state index is 12.4. The third kappa shape index (κ3) is 5.39. The summed E-state index contributed by atoms with van der Waals surface area (Å²) in [6, 6.07) is 15.9. The number of hydrogen-bond acceptors (Lipinski definition) is 4. The van der Waals surface area contributed by atoms with Crippen molar-refractivity contribution in [3.05, 3.63) is 76.4 Å². The smallest absolute Gasteiger partial charge is 0.321 e. The number of piperazine rings is 1. The van der Waals surface area contributed by atoms with Crippen LogP contribution in [0, 0.1) is 10.1 Å². The number of benzene rings is 2. The van der Waals surface area contributed by atoms with Crippen LogP contribution in [0.3, 0.4) is 0 Å². The van der Waals surface area contributed by atoms with Crippen molar-refractivity contribution in [2.75, 3.05) is 38.0 Å². The van der Waals surface area contributed by atoms with Crippen molar-refractivity contribution < 1.29 is 9.72 Å². The molecule has 2 amide bonds. The zero-order valence-electron chi connectivity index (χ0n) is 15.0. The average Bonchev–Trinajstić information content (AvgIpc) is 2.69. The number of nitro groups is 1. The Hall–Kier alpha value is -3.19. The van der Waals surface area contributed by atoms with E-state index in [1.54, 1.807) is 17.0 Å². The number of amides is 2. The molecule has 2 aromatic carbocycles. The Kier molecular flexibility index (Phi) is 6.17. The van der Waals surface area contributed by atoms with Gasteiger partial charge in [-0.05, 0) is 11.6 Å². The maximum absolute atomic E-state index is 12.4. The first kappa shape index (κ1) is 18.6. The van der Waals surface area contributed by atoms with Gasteiger partial charge in [0, 0.05) is 50.5 Å². The number of anilines is 1. The van der Waals surface area contributed by atoms with Gasteiger partial charge < -0.3 is 10.2 Å². The van der Waals surface area contributed by atoms with E-state index in [1.165, 1.54) is 17.7 Å². The molecular weight excluding hydrogens is 344 g/mol. The Morgan fingerprint density at radius 3 is 2.52 bits per heavy atom. The zero-order valence-corrected chi connectivity index (χ0v) is 15.0. The second-order valence-electron chi connectivity index (χ2n) is 6.34. The summed E-state index contributed by atoms with van der Waals surface area (Å²) in [5.74, 6) is 0. The molecule has 2 aromatic rings. The minimum absolute atomic E-state index is 0.0391. The van der Waals surface area contributed by atoms with Gasteiger partial charge in [-0.3, -0.25) is 15.0 Å². The van der Waals surface area contributed by atoms with Crippen molar-refractivity contribution >= 4 is 23.5 Å². The normalized spacial score (nSPS) is 15.0. The fraction of sp³-hybridized carbons (Fsp3) is 0.250. The van der Waals surface area contributed by atoms with Gasteiger partial charge in [0.1, 0.15) is 0 Å². The number of nitrogens with zero attached hydrogens (tertiary/aromatic N) is 3. The quantitative estimate of drug-likeness (QED) is 0.649. The lowest BCUT2D eigenvalue weighted by molar-refractivity contribution is -0.384. The molecule has 1 saturated heterocycles. The third-order valence-corrected chi connectivity index (χ3v) is 4.44. The third-order valence-electron chi connectivity index (χ3n) is 4.44. The highest BCUT2D eigenvalue weighted by Gasteiger charge is 2.20. The Labute approximate surface area is 158 Å². The van der Waals surface area contributed by atoms with Crippen LogP contribution < -0.4 is 5.32 Å². The van der Waals surface area contributed by atoms with Crippen LogP contribution in [0.5, 0.6) is 0 Å². The van der Waals surface area contributed by atoms with Crippen molar-refractivity contribution in [3.63, 3.8) is 0 Å². The molecule has 0 aliphatic carbocycles. The molecule has 0 saturated carbocycles. The van der Waals surface area contributed by atoms with E-state index in [0.717, 1.165) is 19.6 Å². The van der Waals surface area contributed by atoms with Crippen LogP contribution in [0.25, 0.3) is 6.08 Å². The van der Waals surface area contributed by atoms with Gasteiger partial charge in [-0.1, -0.05) is 48.6 Å². The maximum Gasteiger partial charge on any atom is 0.321 e. The van der Waals surface area contributed by atoms with E-state index >= 15 is 0 Å². The molecule has 1 N–H and O–H groups in total. The molecule has 7 heteroatoms. The Balaban J connectivity index is 1.46. The molecule has 0 spiro atoms. The molecule has 140 valence electrons. The van der Waals surface area contributed by atoms with Crippen LogP contribution in [0.15, 0.2) is 60.7 Å². The van der Waals surface area contributed by atoms with Crippen LogP contribution in [-0.2, 0) is 0 Å². The lowest BCUT2D eigenvalue weighted by Gasteiger charge is -2.34. The van der Waals surface area contributed by atoms with Crippen molar-refractivity contribution in [2.45, 2.75) is 0 Å². The molecule has 7 nitrogen and oxygen atoms in total. The summed E-state index contributed by atoms with van der Waals surface area (Å²) in [6.45, 7) is 3.68. The second kappa shape index (κ2) is 8.95. The fourth-order valence-electron chi connectivity index (χ4n) is 2.94. The van der Waals surface area contributed by atoms with Crippen LogP contribution in [0.2, 0.25) is 0 Å². The highest BCUT2D eigenvalue weighted by Crippen LogP contribution is 2.17. The molecule has 0 bridgehead atoms. The van der Waals surface area contributed by atoms with Gasteiger partial charge in [0.2, 0.25) is 0 Å². The molecule has 1 aliphatic rings. The molecule has 0 atom stereocenters. The first-order chi connectivity index (χ1) is 13.1. The highest BCUT2D eigenvalue weighted by molar-refractivity contribution is 5.89. The van der Waals surface area contributed by atoms with E-state index < -0.39 is 4.92 Å². The summed E-state index contributed by atoms with van der Waals surface area (Å²) in [6.07, 6.45) is 4.23. The number of carbonyl (C=O) groups is 1. The second-order valence-corrected chi connectivity index (χ2v) is 6.34. The molecule has 3 rings (SSSR count). The van der Waals surface area contributed by atoms with E-state index in [9.17, 15) is 14.9 Å². The topological polar surface area (TPSA) is 78.7 Å². The minimum atomic E-state index is -0.475. The van der Waals surface area contributed by atoms with Crippen molar-refractivity contribution in [1.29, 1.82) is 0 Å². The predicted octanol–water partition coefficient (Wildman–Crippen LogP) is 3.46. The van der Waals surface area contributed by atoms with E-state index in [0.29, 0.717) is 18.8 Å². The average molecular weight is 366 g/mol. The van der Waals surface area contributed by atoms with Gasteiger partial charge in [-0.2, -0.15) is 0 Å². The Morgan fingerprint density at radius 2 is 1.81 bits per heavy atom. The highest BCUT2D eigenvalue weighted by atomic mass is 16.6. The van der Waals surface area contributed by atoms with Crippen molar-refractivity contribution in [3.8, 4) is 0 Å². The molecule has 1 fully saturated rings. The molecule has 0 radical (unpaired) electrons. The van der Waals surface area contributed by atoms with Gasteiger partial charge in [0.15, 0.2) is 0 Å². The molecule has 0 aromatic heterocycles. The number of carbonyl (C=O) groups excluding carboxylic acids is 1. The Bertz CT molecular complexity index is 815. The van der Waals surface area contributed by atoms with Crippen LogP contribution in [-0.4, -0.2) is 53.5 Å². The standard InChI is InChI=1S/C20H22N4O3/c25-20(21-18-9-4-10-19(16-18)24(26)27)23-14-12-22(13-15-23)11-5-8-17-6-2-1-3-7-17/h1-10,16H,11-15H2,(H,21,25)/b8-5+. The Morgan fingerprint density at radius 1 is 1.07 bits per heavy atom. The van der Waals surface area contributed by atoms with E-state index in [4.69, 9.17) is 0 Å². The summed E-state index contributed by atoms with van der Waals surface area (Å²) in [7, 11) is 0. The lowest BCUT2D eigenvalue weighted by atomic mass is 10.2. The van der Waals surface area contributed by atoms with E-state index in [2.05, 4.69) is 34.5 Å². The van der Waals surface area contributed by atoms with E-state index in [-0.39, 0.29) is 11.7 Å².